The van der Waals surface area contributed by atoms with Gasteiger partial charge in [-0.25, -0.2) is 4.98 Å². The molecule has 124 valence electrons. The molecule has 1 heterocycles. The quantitative estimate of drug-likeness (QED) is 0.847. The Bertz CT molecular complexity index is 682. The minimum absolute atomic E-state index is 0.128. The van der Waals surface area contributed by atoms with E-state index in [2.05, 4.69) is 34.8 Å². The van der Waals surface area contributed by atoms with E-state index in [-0.39, 0.29) is 5.91 Å². The Labute approximate surface area is 142 Å². The predicted molar refractivity (Wildman–Crippen MR) is 95.7 cm³/mol. The van der Waals surface area contributed by atoms with Crippen LogP contribution < -0.4 is 5.32 Å². The summed E-state index contributed by atoms with van der Waals surface area (Å²) in [6.07, 6.45) is 4.87. The molecular formula is C18H25N3OS. The number of carbonyl (C=O) groups is 1. The number of para-hydroxylation sites is 2. The van der Waals surface area contributed by atoms with Crippen molar-refractivity contribution in [3.05, 3.63) is 24.3 Å². The highest BCUT2D eigenvalue weighted by atomic mass is 32.2. The molecular weight excluding hydrogens is 306 g/mol. The second-order valence-corrected chi connectivity index (χ2v) is 7.29. The monoisotopic (exact) mass is 331 g/mol. The van der Waals surface area contributed by atoms with Crippen molar-refractivity contribution in [3.63, 3.8) is 0 Å². The van der Waals surface area contributed by atoms with Gasteiger partial charge in [-0.2, -0.15) is 0 Å². The highest BCUT2D eigenvalue weighted by molar-refractivity contribution is 7.99. The topological polar surface area (TPSA) is 46.9 Å². The molecule has 3 rings (SSSR count). The highest BCUT2D eigenvalue weighted by Crippen LogP contribution is 2.25. The van der Waals surface area contributed by atoms with Gasteiger partial charge < -0.3 is 9.88 Å². The lowest BCUT2D eigenvalue weighted by molar-refractivity contribution is -0.119. The van der Waals surface area contributed by atoms with Crippen molar-refractivity contribution in [1.29, 1.82) is 0 Å². The van der Waals surface area contributed by atoms with Crippen molar-refractivity contribution in [2.24, 2.45) is 5.92 Å². The number of nitrogens with one attached hydrogen (secondary N) is 1. The van der Waals surface area contributed by atoms with Gasteiger partial charge in [0.05, 0.1) is 16.8 Å². The van der Waals surface area contributed by atoms with Gasteiger partial charge in [0.25, 0.3) is 0 Å². The van der Waals surface area contributed by atoms with E-state index in [4.69, 9.17) is 0 Å². The number of hydrogen-bond acceptors (Lipinski definition) is 3. The zero-order valence-corrected chi connectivity index (χ0v) is 14.7. The molecule has 23 heavy (non-hydrogen) atoms. The average Bonchev–Trinajstić information content (AvgIpc) is 2.92. The number of thioether (sulfide) groups is 1. The van der Waals surface area contributed by atoms with E-state index >= 15 is 0 Å². The van der Waals surface area contributed by atoms with E-state index in [0.717, 1.165) is 29.2 Å². The molecule has 0 radical (unpaired) electrons. The minimum Gasteiger partial charge on any atom is -0.352 e. The molecule has 5 heteroatoms. The fourth-order valence-corrected chi connectivity index (χ4v) is 4.27. The molecule has 2 atom stereocenters. The maximum atomic E-state index is 12.3. The van der Waals surface area contributed by atoms with Crippen molar-refractivity contribution in [2.75, 3.05) is 5.75 Å². The normalized spacial score (nSPS) is 21.5. The standard InChI is InChI=1S/C18H25N3OS/c1-3-21-16-11-7-6-10-15(16)20-18(21)23-12-17(22)19-14-9-5-4-8-13(14)2/h6-7,10-11,13-14H,3-5,8-9,12H2,1-2H3,(H,19,22). The number of fused-ring (bicyclic) bond motifs is 1. The van der Waals surface area contributed by atoms with Gasteiger partial charge in [-0.3, -0.25) is 4.79 Å². The van der Waals surface area contributed by atoms with Gasteiger partial charge in [-0.1, -0.05) is 43.7 Å². The van der Waals surface area contributed by atoms with Gasteiger partial charge in [-0.05, 0) is 37.8 Å². The molecule has 0 saturated heterocycles. The third-order valence-corrected chi connectivity index (χ3v) is 5.70. The molecule has 1 aliphatic rings. The molecule has 0 aliphatic heterocycles. The van der Waals surface area contributed by atoms with Gasteiger partial charge in [-0.15, -0.1) is 0 Å². The first-order valence-corrected chi connectivity index (χ1v) is 9.55. The van der Waals surface area contributed by atoms with Crippen LogP contribution in [0.1, 0.15) is 39.5 Å². The lowest BCUT2D eigenvalue weighted by Gasteiger charge is -2.29. The Hall–Kier alpha value is -1.49. The summed E-state index contributed by atoms with van der Waals surface area (Å²) < 4.78 is 2.18. The first-order chi connectivity index (χ1) is 11.2. The number of rotatable bonds is 5. The molecule has 4 nitrogen and oxygen atoms in total. The number of aryl methyl sites for hydroxylation is 1. The number of nitrogens with zero attached hydrogens (tertiary/aromatic N) is 2. The molecule has 2 unspecified atom stereocenters. The Morgan fingerprint density at radius 3 is 2.91 bits per heavy atom. The summed E-state index contributed by atoms with van der Waals surface area (Å²) >= 11 is 1.54. The van der Waals surface area contributed by atoms with Crippen LogP contribution in [0, 0.1) is 5.92 Å². The third kappa shape index (κ3) is 3.71. The summed E-state index contributed by atoms with van der Waals surface area (Å²) in [4.78, 5) is 16.9. The van der Waals surface area contributed by atoms with Crippen LogP contribution in [0.5, 0.6) is 0 Å². The predicted octanol–water partition coefficient (Wildman–Crippen LogP) is 3.84. The van der Waals surface area contributed by atoms with Crippen molar-refractivity contribution >= 4 is 28.7 Å². The molecule has 1 N–H and O–H groups in total. The van der Waals surface area contributed by atoms with Crippen molar-refractivity contribution in [3.8, 4) is 0 Å². The molecule has 1 aromatic carbocycles. The summed E-state index contributed by atoms with van der Waals surface area (Å²) in [7, 11) is 0. The maximum absolute atomic E-state index is 12.3. The van der Waals surface area contributed by atoms with Crippen molar-refractivity contribution in [1.82, 2.24) is 14.9 Å². The summed E-state index contributed by atoms with van der Waals surface area (Å²) in [6, 6.07) is 8.49. The van der Waals surface area contributed by atoms with E-state index in [1.165, 1.54) is 31.0 Å². The van der Waals surface area contributed by atoms with Crippen LogP contribution in [-0.2, 0) is 11.3 Å². The van der Waals surface area contributed by atoms with Gasteiger partial charge in [0, 0.05) is 12.6 Å². The molecule has 2 aromatic rings. The SMILES string of the molecule is CCn1c(SCC(=O)NC2CCCCC2C)nc2ccccc21. The molecule has 1 amide bonds. The van der Waals surface area contributed by atoms with Crippen LogP contribution in [0.2, 0.25) is 0 Å². The van der Waals surface area contributed by atoms with Gasteiger partial charge in [0.2, 0.25) is 5.91 Å². The maximum Gasteiger partial charge on any atom is 0.230 e. The van der Waals surface area contributed by atoms with Gasteiger partial charge >= 0.3 is 0 Å². The summed E-state index contributed by atoms with van der Waals surface area (Å²) in [5, 5.41) is 4.14. The number of aromatic nitrogens is 2. The molecule has 0 spiro atoms. The number of carbonyl (C=O) groups excluding carboxylic acids is 1. The molecule has 0 bridgehead atoms. The first-order valence-electron chi connectivity index (χ1n) is 8.56. The summed E-state index contributed by atoms with van der Waals surface area (Å²) in [5.74, 6) is 1.16. The Kier molecular flexibility index (Phi) is 5.26. The zero-order valence-electron chi connectivity index (χ0n) is 13.9. The first kappa shape index (κ1) is 16.4. The Balaban J connectivity index is 1.62. The number of benzene rings is 1. The van der Waals surface area contributed by atoms with E-state index in [0.29, 0.717) is 17.7 Å². The largest absolute Gasteiger partial charge is 0.352 e. The fourth-order valence-electron chi connectivity index (χ4n) is 3.38. The van der Waals surface area contributed by atoms with Crippen LogP contribution in [0.3, 0.4) is 0 Å². The van der Waals surface area contributed by atoms with Crippen LogP contribution in [0.25, 0.3) is 11.0 Å². The second-order valence-electron chi connectivity index (χ2n) is 6.35. The van der Waals surface area contributed by atoms with Crippen molar-refractivity contribution < 1.29 is 4.79 Å². The van der Waals surface area contributed by atoms with Crippen LogP contribution in [0.15, 0.2) is 29.4 Å². The number of hydrogen-bond donors (Lipinski definition) is 1. The summed E-state index contributed by atoms with van der Waals surface area (Å²) in [6.45, 7) is 5.22. The van der Waals surface area contributed by atoms with E-state index in [1.54, 1.807) is 0 Å². The van der Waals surface area contributed by atoms with E-state index in [9.17, 15) is 4.79 Å². The van der Waals surface area contributed by atoms with Crippen LogP contribution in [0.4, 0.5) is 0 Å². The average molecular weight is 331 g/mol. The smallest absolute Gasteiger partial charge is 0.230 e. The summed E-state index contributed by atoms with van der Waals surface area (Å²) in [5.41, 5.74) is 2.14. The highest BCUT2D eigenvalue weighted by Gasteiger charge is 2.23. The molecule has 1 aliphatic carbocycles. The molecule has 1 aromatic heterocycles. The Morgan fingerprint density at radius 1 is 1.35 bits per heavy atom. The lowest BCUT2D eigenvalue weighted by Crippen LogP contribution is -2.41. The zero-order chi connectivity index (χ0) is 16.2. The molecule has 1 saturated carbocycles. The van der Waals surface area contributed by atoms with Gasteiger partial charge in [0.1, 0.15) is 0 Å². The second kappa shape index (κ2) is 7.39. The van der Waals surface area contributed by atoms with Crippen LogP contribution in [-0.4, -0.2) is 27.3 Å². The molecule has 1 fully saturated rings. The lowest BCUT2D eigenvalue weighted by atomic mass is 9.86. The van der Waals surface area contributed by atoms with Crippen LogP contribution >= 0.6 is 11.8 Å². The van der Waals surface area contributed by atoms with Crippen molar-refractivity contribution in [2.45, 2.75) is 57.3 Å². The van der Waals surface area contributed by atoms with E-state index < -0.39 is 0 Å². The minimum atomic E-state index is 0.128. The number of amides is 1. The Morgan fingerprint density at radius 2 is 2.13 bits per heavy atom. The third-order valence-electron chi connectivity index (χ3n) is 4.73. The van der Waals surface area contributed by atoms with Gasteiger partial charge in [0.15, 0.2) is 5.16 Å². The number of imidazole rings is 1. The fraction of sp³-hybridized carbons (Fsp3) is 0.556. The van der Waals surface area contributed by atoms with E-state index in [1.807, 2.05) is 18.2 Å².